The van der Waals surface area contributed by atoms with Crippen LogP contribution in [0.25, 0.3) is 21.0 Å². The molecule has 1 aliphatic heterocycles. The number of amides is 1. The number of carboxylic acid groups (broad SMARTS) is 1. The number of carboxylic acids is 1. The summed E-state index contributed by atoms with van der Waals surface area (Å²) >= 11 is 7.22. The number of rotatable bonds is 3. The lowest BCUT2D eigenvalue weighted by Gasteiger charge is -2.10. The highest BCUT2D eigenvalue weighted by atomic mass is 35.5. The molecule has 0 spiro atoms. The minimum absolute atomic E-state index is 0.0191. The van der Waals surface area contributed by atoms with Gasteiger partial charge in [0.05, 0.1) is 11.2 Å². The van der Waals surface area contributed by atoms with Gasteiger partial charge in [0.15, 0.2) is 5.69 Å². The zero-order valence-electron chi connectivity index (χ0n) is 16.0. The fourth-order valence-electron chi connectivity index (χ4n) is 3.43. The van der Waals surface area contributed by atoms with Crippen LogP contribution in [0.2, 0.25) is 5.28 Å². The third-order valence-electron chi connectivity index (χ3n) is 4.77. The molecule has 4 aromatic rings. The minimum atomic E-state index is -1.24. The first-order valence-corrected chi connectivity index (χ1v) is 10.4. The van der Waals surface area contributed by atoms with Gasteiger partial charge >= 0.3 is 5.97 Å². The van der Waals surface area contributed by atoms with Gasteiger partial charge in [-0.2, -0.15) is 4.98 Å². The Kier molecular flexibility index (Phi) is 4.60. The summed E-state index contributed by atoms with van der Waals surface area (Å²) in [5, 5.41) is 17.0. The van der Waals surface area contributed by atoms with Crippen molar-refractivity contribution in [1.29, 1.82) is 0 Å². The maximum absolute atomic E-state index is 12.5. The summed E-state index contributed by atoms with van der Waals surface area (Å²) in [5.74, 6) is -1.14. The number of halogens is 1. The smallest absolute Gasteiger partial charge is 0.354 e. The molecule has 0 radical (unpaired) electrons. The van der Waals surface area contributed by atoms with Gasteiger partial charge in [0.1, 0.15) is 4.88 Å². The molecule has 0 fully saturated rings. The van der Waals surface area contributed by atoms with Crippen LogP contribution in [0.4, 0.5) is 5.69 Å². The maximum atomic E-state index is 12.5. The van der Waals surface area contributed by atoms with E-state index >= 15 is 0 Å². The normalized spacial score (nSPS) is 15.8. The Balaban J connectivity index is 1.58. The molecule has 5 rings (SSSR count). The summed E-state index contributed by atoms with van der Waals surface area (Å²) in [6, 6.07) is 8.45. The maximum Gasteiger partial charge on any atom is 0.354 e. The molecule has 0 unspecified atom stereocenters. The third-order valence-corrected chi connectivity index (χ3v) is 6.09. The molecule has 0 aliphatic carbocycles. The van der Waals surface area contributed by atoms with E-state index < -0.39 is 5.97 Å². The Morgan fingerprint density at radius 3 is 2.87 bits per heavy atom. The van der Waals surface area contributed by atoms with Crippen LogP contribution >= 0.6 is 22.9 Å². The lowest BCUT2D eigenvalue weighted by atomic mass is 10.1. The highest BCUT2D eigenvalue weighted by molar-refractivity contribution is 7.21. The van der Waals surface area contributed by atoms with Gasteiger partial charge in [0, 0.05) is 40.2 Å². The molecule has 11 heteroatoms. The summed E-state index contributed by atoms with van der Waals surface area (Å²) < 4.78 is 6.60. The highest BCUT2D eigenvalue weighted by Gasteiger charge is 2.24. The lowest BCUT2D eigenvalue weighted by Crippen LogP contribution is -2.34. The Bertz CT molecular complexity index is 1390. The summed E-state index contributed by atoms with van der Waals surface area (Å²) in [6.45, 7) is 2.57. The third kappa shape index (κ3) is 3.49. The first-order valence-electron chi connectivity index (χ1n) is 9.26. The average Bonchev–Trinajstić information content (AvgIpc) is 3.04. The molecule has 1 amide bonds. The number of ether oxygens (including phenoxy) is 1. The fourth-order valence-corrected chi connectivity index (χ4v) is 4.70. The molecule has 0 bridgehead atoms. The monoisotopic (exact) mass is 455 g/mol. The van der Waals surface area contributed by atoms with Crippen molar-refractivity contribution in [1.82, 2.24) is 20.3 Å². The number of aromatic nitrogens is 3. The van der Waals surface area contributed by atoms with Crippen molar-refractivity contribution in [2.45, 2.75) is 13.0 Å². The van der Waals surface area contributed by atoms with E-state index in [2.05, 4.69) is 25.6 Å². The number of fused-ring (bicyclic) bond motifs is 5. The number of carbonyl (C=O) groups is 2. The van der Waals surface area contributed by atoms with Crippen molar-refractivity contribution < 1.29 is 19.4 Å². The second-order valence-corrected chi connectivity index (χ2v) is 8.37. The van der Waals surface area contributed by atoms with E-state index in [0.717, 1.165) is 21.2 Å². The van der Waals surface area contributed by atoms with Crippen LogP contribution in [0.3, 0.4) is 0 Å². The van der Waals surface area contributed by atoms with E-state index in [-0.39, 0.29) is 34.7 Å². The summed E-state index contributed by atoms with van der Waals surface area (Å²) in [5.41, 5.74) is 1.18. The number of thiophene rings is 1. The molecular weight excluding hydrogens is 442 g/mol. The van der Waals surface area contributed by atoms with Gasteiger partial charge in [0.25, 0.3) is 5.91 Å². The molecule has 156 valence electrons. The molecule has 31 heavy (non-hydrogen) atoms. The van der Waals surface area contributed by atoms with Crippen molar-refractivity contribution in [2.24, 2.45) is 0 Å². The Labute approximate surface area is 184 Å². The van der Waals surface area contributed by atoms with Crippen LogP contribution in [0.1, 0.15) is 27.1 Å². The number of hydrogen-bond acceptors (Lipinski definition) is 8. The van der Waals surface area contributed by atoms with Gasteiger partial charge in [-0.25, -0.2) is 14.8 Å². The van der Waals surface area contributed by atoms with Crippen molar-refractivity contribution >= 4 is 61.5 Å². The van der Waals surface area contributed by atoms with Crippen LogP contribution in [-0.4, -0.2) is 44.5 Å². The molecule has 0 saturated carbocycles. The number of carbonyl (C=O) groups excluding carboxylic acids is 1. The lowest BCUT2D eigenvalue weighted by molar-refractivity contribution is 0.0689. The van der Waals surface area contributed by atoms with E-state index in [4.69, 9.17) is 21.4 Å². The summed E-state index contributed by atoms with van der Waals surface area (Å²) in [4.78, 5) is 36.4. The summed E-state index contributed by atoms with van der Waals surface area (Å²) in [7, 11) is 0. The standard InChI is InChI=1S/C20H14ClN5O4S/c1-8-7-22-16-15-9-2-5-13(30-14-6-11(19(28)29)25-20(21)26-14)24-10(9)3-4-12(15)31-17(16)18(27)23-8/h2-6,8,22H,7H2,1H3,(H,23,27)(H,28,29)/t8-/m1/s1. The SMILES string of the molecule is C[C@@H]1CNc2c(sc3ccc4nc(Oc5cc(C(=O)O)nc(Cl)n5)ccc4c23)C(=O)N1. The molecule has 1 atom stereocenters. The number of hydrogen-bond donors (Lipinski definition) is 3. The number of anilines is 1. The second kappa shape index (κ2) is 7.33. The predicted octanol–water partition coefficient (Wildman–Crippen LogP) is 3.93. The predicted molar refractivity (Wildman–Crippen MR) is 117 cm³/mol. The fraction of sp³-hybridized carbons (Fsp3) is 0.150. The quantitative estimate of drug-likeness (QED) is 0.397. The van der Waals surface area contributed by atoms with E-state index in [0.29, 0.717) is 16.9 Å². The second-order valence-electron chi connectivity index (χ2n) is 6.98. The first kappa shape index (κ1) is 19.5. The zero-order valence-corrected chi connectivity index (χ0v) is 17.5. The van der Waals surface area contributed by atoms with Crippen molar-refractivity contribution in [3.05, 3.63) is 46.2 Å². The van der Waals surface area contributed by atoms with E-state index in [1.54, 1.807) is 6.07 Å². The Morgan fingerprint density at radius 2 is 2.06 bits per heavy atom. The number of aromatic carboxylic acids is 1. The summed E-state index contributed by atoms with van der Waals surface area (Å²) in [6.07, 6.45) is 0. The Morgan fingerprint density at radius 1 is 1.23 bits per heavy atom. The zero-order chi connectivity index (χ0) is 21.7. The number of nitrogens with one attached hydrogen (secondary N) is 2. The number of pyridine rings is 1. The number of nitrogens with zero attached hydrogens (tertiary/aromatic N) is 3. The molecule has 4 heterocycles. The van der Waals surface area contributed by atoms with Crippen LogP contribution in [0.15, 0.2) is 30.3 Å². The molecule has 3 aromatic heterocycles. The van der Waals surface area contributed by atoms with Gasteiger partial charge in [-0.15, -0.1) is 11.3 Å². The van der Waals surface area contributed by atoms with Crippen molar-refractivity contribution in [3.63, 3.8) is 0 Å². The van der Waals surface area contributed by atoms with Crippen LogP contribution in [0, 0.1) is 0 Å². The van der Waals surface area contributed by atoms with E-state index in [1.807, 2.05) is 25.1 Å². The van der Waals surface area contributed by atoms with Gasteiger partial charge in [0.2, 0.25) is 17.0 Å². The van der Waals surface area contributed by atoms with E-state index in [1.165, 1.54) is 17.4 Å². The number of benzene rings is 1. The van der Waals surface area contributed by atoms with Crippen molar-refractivity contribution in [2.75, 3.05) is 11.9 Å². The first-order chi connectivity index (χ1) is 14.9. The van der Waals surface area contributed by atoms with Gasteiger partial charge in [-0.1, -0.05) is 0 Å². The minimum Gasteiger partial charge on any atom is -0.477 e. The molecule has 9 nitrogen and oxygen atoms in total. The van der Waals surface area contributed by atoms with Crippen LogP contribution in [0.5, 0.6) is 11.8 Å². The molecule has 0 saturated heterocycles. The average molecular weight is 456 g/mol. The largest absolute Gasteiger partial charge is 0.477 e. The van der Waals surface area contributed by atoms with Crippen molar-refractivity contribution in [3.8, 4) is 11.8 Å². The van der Waals surface area contributed by atoms with Crippen LogP contribution < -0.4 is 15.4 Å². The van der Waals surface area contributed by atoms with Gasteiger partial charge in [-0.3, -0.25) is 4.79 Å². The molecule has 1 aromatic carbocycles. The Hall–Kier alpha value is -3.50. The van der Waals surface area contributed by atoms with Gasteiger partial charge in [-0.05, 0) is 36.7 Å². The highest BCUT2D eigenvalue weighted by Crippen LogP contribution is 2.41. The molecular formula is C20H14ClN5O4S. The molecule has 1 aliphatic rings. The molecule has 3 N–H and O–H groups in total. The van der Waals surface area contributed by atoms with Crippen LogP contribution in [-0.2, 0) is 0 Å². The topological polar surface area (TPSA) is 126 Å². The van der Waals surface area contributed by atoms with E-state index in [9.17, 15) is 9.59 Å². The van der Waals surface area contributed by atoms with Gasteiger partial charge < -0.3 is 20.5 Å².